The predicted molar refractivity (Wildman–Crippen MR) is 108 cm³/mol. The van der Waals surface area contributed by atoms with Crippen molar-refractivity contribution in [3.63, 3.8) is 0 Å². The summed E-state index contributed by atoms with van der Waals surface area (Å²) in [6, 6.07) is 1.84. The van der Waals surface area contributed by atoms with E-state index in [1.54, 1.807) is 6.07 Å². The average Bonchev–Trinajstić information content (AvgIpc) is 3.43. The summed E-state index contributed by atoms with van der Waals surface area (Å²) in [5, 5.41) is 11.9. The fraction of sp³-hybridized carbons (Fsp3) is 0.389. The van der Waals surface area contributed by atoms with E-state index in [-0.39, 0.29) is 41.8 Å². The molecule has 0 radical (unpaired) electrons. The lowest BCUT2D eigenvalue weighted by molar-refractivity contribution is -0.142. The van der Waals surface area contributed by atoms with Gasteiger partial charge >= 0.3 is 16.2 Å². The van der Waals surface area contributed by atoms with Crippen molar-refractivity contribution in [3.05, 3.63) is 33.4 Å². The number of hydrogen-bond acceptors (Lipinski definition) is 5. The fourth-order valence-corrected chi connectivity index (χ4v) is 4.38. The molecule has 1 heterocycles. The van der Waals surface area contributed by atoms with Crippen molar-refractivity contribution < 1.29 is 33.7 Å². The third-order valence-corrected chi connectivity index (χ3v) is 6.47. The highest BCUT2D eigenvalue weighted by Crippen LogP contribution is 3.02. The second-order valence-corrected chi connectivity index (χ2v) is 10.5. The summed E-state index contributed by atoms with van der Waals surface area (Å²) in [5.74, 6) is -1.74. The summed E-state index contributed by atoms with van der Waals surface area (Å²) in [6.07, 6.45) is 1.75. The van der Waals surface area contributed by atoms with E-state index in [1.807, 2.05) is 0 Å². The number of nitrogens with zero attached hydrogens (tertiary/aromatic N) is 3. The molecule has 0 amide bonds. The van der Waals surface area contributed by atoms with E-state index in [2.05, 4.69) is 5.10 Å². The van der Waals surface area contributed by atoms with Gasteiger partial charge in [0.05, 0.1) is 35.2 Å². The molecule has 1 saturated carbocycles. The van der Waals surface area contributed by atoms with Crippen LogP contribution in [0.15, 0.2) is 17.0 Å². The molecule has 1 aliphatic rings. The van der Waals surface area contributed by atoms with E-state index in [9.17, 15) is 29.5 Å². The van der Waals surface area contributed by atoms with Crippen LogP contribution in [0.25, 0.3) is 5.69 Å². The number of carbonyl (C=O) groups is 1. The molecule has 1 aliphatic carbocycles. The van der Waals surface area contributed by atoms with Gasteiger partial charge in [0.1, 0.15) is 16.7 Å². The first-order valence-electron chi connectivity index (χ1n) is 9.04. The maximum Gasteiger partial charge on any atom is 0.313 e. The molecule has 32 heavy (non-hydrogen) atoms. The van der Waals surface area contributed by atoms with E-state index in [4.69, 9.17) is 32.7 Å². The highest BCUT2D eigenvalue weighted by atomic mass is 35.5. The van der Waals surface area contributed by atoms with Crippen LogP contribution in [0.5, 0.6) is 5.88 Å². The van der Waals surface area contributed by atoms with Crippen LogP contribution in [0.1, 0.15) is 36.9 Å². The molecule has 3 rings (SSSR count). The standard InChI is InChI=1S/C18H16Cl2F5N3O3S/c1-9(18(29)30-2)15-14(7-26)27-28(17(15)31-8-10-3-4-10)16-12(19)5-11(6-13(16)20)32(21,22,23,24)25/h5-6,9-10H,3-4,8H2,1-2H3. The lowest BCUT2D eigenvalue weighted by Gasteiger charge is -2.40. The Kier molecular flexibility index (Phi) is 5.64. The van der Waals surface area contributed by atoms with Gasteiger partial charge in [0, 0.05) is 0 Å². The summed E-state index contributed by atoms with van der Waals surface area (Å²) < 4.78 is 77.5. The highest BCUT2D eigenvalue weighted by molar-refractivity contribution is 8.45. The molecule has 1 atom stereocenters. The predicted octanol–water partition coefficient (Wildman–Crippen LogP) is 6.77. The molecule has 2 aromatic rings. The monoisotopic (exact) mass is 519 g/mol. The van der Waals surface area contributed by atoms with Crippen molar-refractivity contribution in [1.29, 1.82) is 5.26 Å². The van der Waals surface area contributed by atoms with Crippen LogP contribution in [-0.2, 0) is 9.53 Å². The Morgan fingerprint density at radius 3 is 2.28 bits per heavy atom. The Hall–Kier alpha value is -2.23. The number of nitriles is 1. The Morgan fingerprint density at radius 1 is 1.28 bits per heavy atom. The number of esters is 1. The molecule has 1 fully saturated rings. The SMILES string of the molecule is COC(=O)C(C)c1c(C#N)nn(-c2c(Cl)cc(S(F)(F)(F)(F)F)cc2Cl)c1OCC1CC1. The molecule has 1 unspecified atom stereocenters. The molecule has 1 aromatic carbocycles. The normalized spacial score (nSPS) is 17.1. The molecule has 0 N–H and O–H groups in total. The second-order valence-electron chi connectivity index (χ2n) is 7.29. The number of methoxy groups -OCH3 is 1. The molecular weight excluding hydrogens is 504 g/mol. The lowest BCUT2D eigenvalue weighted by Crippen LogP contribution is -2.14. The van der Waals surface area contributed by atoms with Gasteiger partial charge in [-0.1, -0.05) is 42.6 Å². The zero-order chi connectivity index (χ0) is 24.1. The van der Waals surface area contributed by atoms with Crippen LogP contribution >= 0.6 is 33.4 Å². The van der Waals surface area contributed by atoms with Gasteiger partial charge in [-0.05, 0) is 37.8 Å². The van der Waals surface area contributed by atoms with Gasteiger partial charge in [0.15, 0.2) is 5.69 Å². The van der Waals surface area contributed by atoms with E-state index < -0.39 is 42.7 Å². The van der Waals surface area contributed by atoms with Gasteiger partial charge in [-0.15, -0.1) is 0 Å². The number of aromatic nitrogens is 2. The van der Waals surface area contributed by atoms with Crippen LogP contribution in [-0.4, -0.2) is 29.5 Å². The Balaban J connectivity index is 2.24. The van der Waals surface area contributed by atoms with Crippen LogP contribution in [0.4, 0.5) is 19.4 Å². The molecule has 0 bridgehead atoms. The number of hydrogen-bond donors (Lipinski definition) is 0. The third-order valence-electron chi connectivity index (χ3n) is 4.77. The van der Waals surface area contributed by atoms with Crippen LogP contribution in [0.3, 0.4) is 0 Å². The number of ether oxygens (including phenoxy) is 2. The van der Waals surface area contributed by atoms with E-state index in [1.165, 1.54) is 6.92 Å². The van der Waals surface area contributed by atoms with Crippen LogP contribution in [0, 0.1) is 17.2 Å². The molecule has 0 spiro atoms. The third kappa shape index (κ3) is 4.89. The van der Waals surface area contributed by atoms with Gasteiger partial charge in [-0.2, -0.15) is 15.0 Å². The summed E-state index contributed by atoms with van der Waals surface area (Å²) in [7, 11) is -8.94. The van der Waals surface area contributed by atoms with Gasteiger partial charge in [0.25, 0.3) is 0 Å². The Morgan fingerprint density at radius 2 is 1.84 bits per heavy atom. The van der Waals surface area contributed by atoms with Gasteiger partial charge in [-0.25, -0.2) is 0 Å². The second kappa shape index (κ2) is 7.40. The minimum absolute atomic E-state index is 0.00363. The fourth-order valence-electron chi connectivity index (χ4n) is 2.92. The van der Waals surface area contributed by atoms with Crippen LogP contribution < -0.4 is 4.74 Å². The Bertz CT molecular complexity index is 1120. The number of rotatable bonds is 7. The summed E-state index contributed by atoms with van der Waals surface area (Å²) in [5.41, 5.74) is -0.703. The van der Waals surface area contributed by atoms with Crippen molar-refractivity contribution in [2.45, 2.75) is 30.6 Å². The van der Waals surface area contributed by atoms with Gasteiger partial charge in [0.2, 0.25) is 5.88 Å². The molecule has 0 aliphatic heterocycles. The van der Waals surface area contributed by atoms with Crippen molar-refractivity contribution in [2.24, 2.45) is 5.92 Å². The maximum atomic E-state index is 13.2. The molecule has 14 heteroatoms. The first-order chi connectivity index (χ1) is 14.6. The first kappa shape index (κ1) is 24.4. The van der Waals surface area contributed by atoms with E-state index in [0.29, 0.717) is 0 Å². The zero-order valence-corrected chi connectivity index (χ0v) is 18.9. The smallest absolute Gasteiger partial charge is 0.313 e. The van der Waals surface area contributed by atoms with Crippen molar-refractivity contribution >= 4 is 39.4 Å². The quantitative estimate of drug-likeness (QED) is 0.297. The van der Waals surface area contributed by atoms with Crippen molar-refractivity contribution in [3.8, 4) is 17.6 Å². The number of benzene rings is 1. The van der Waals surface area contributed by atoms with Gasteiger partial charge < -0.3 is 9.47 Å². The van der Waals surface area contributed by atoms with Crippen LogP contribution in [0.2, 0.25) is 10.0 Å². The summed E-state index contributed by atoms with van der Waals surface area (Å²) >= 11 is 11.9. The Labute approximate surface area is 189 Å². The summed E-state index contributed by atoms with van der Waals surface area (Å²) in [4.78, 5) is 9.83. The molecular formula is C18H16Cl2F5N3O3S. The minimum Gasteiger partial charge on any atom is -0.477 e. The highest BCUT2D eigenvalue weighted by Gasteiger charge is 2.65. The van der Waals surface area contributed by atoms with Crippen molar-refractivity contribution in [2.75, 3.05) is 13.7 Å². The van der Waals surface area contributed by atoms with Gasteiger partial charge in [-0.3, -0.25) is 4.79 Å². The molecule has 1 aromatic heterocycles. The first-order valence-corrected chi connectivity index (χ1v) is 11.7. The van der Waals surface area contributed by atoms with E-state index >= 15 is 0 Å². The van der Waals surface area contributed by atoms with E-state index in [0.717, 1.165) is 24.6 Å². The topological polar surface area (TPSA) is 77.1 Å². The molecule has 6 nitrogen and oxygen atoms in total. The number of carbonyl (C=O) groups excluding carboxylic acids is 1. The number of halogens is 7. The minimum atomic E-state index is -10.1. The maximum absolute atomic E-state index is 13.2. The molecule has 0 saturated heterocycles. The molecule has 176 valence electrons. The lowest BCUT2D eigenvalue weighted by atomic mass is 10.0. The average molecular weight is 520 g/mol. The zero-order valence-electron chi connectivity index (χ0n) is 16.6. The summed E-state index contributed by atoms with van der Waals surface area (Å²) in [6.45, 7) is 1.58. The largest absolute Gasteiger partial charge is 0.477 e. The van der Waals surface area contributed by atoms with Crippen molar-refractivity contribution in [1.82, 2.24) is 9.78 Å².